The second-order valence-electron chi connectivity index (χ2n) is 5.26. The summed E-state index contributed by atoms with van der Waals surface area (Å²) >= 11 is 3.61. The van der Waals surface area contributed by atoms with Gasteiger partial charge in [-0.1, -0.05) is 34.1 Å². The average Bonchev–Trinajstić information content (AvgIpc) is 2.32. The molecule has 3 nitrogen and oxygen atoms in total. The number of unbranched alkanes of at least 4 members (excludes halogenated alkanes) is 1. The molecular formula is C15H21BrN2O. The fourth-order valence-corrected chi connectivity index (χ4v) is 3.18. The van der Waals surface area contributed by atoms with Gasteiger partial charge in [-0.05, 0) is 49.8 Å². The molecule has 0 saturated heterocycles. The number of nitrogens with one attached hydrogen (secondary N) is 1. The van der Waals surface area contributed by atoms with E-state index in [0.717, 1.165) is 19.4 Å². The average molecular weight is 325 g/mol. The molecule has 1 aromatic rings. The number of hydrogen-bond donors (Lipinski definition) is 2. The summed E-state index contributed by atoms with van der Waals surface area (Å²) in [5.41, 5.74) is 6.53. The first-order valence-corrected chi connectivity index (χ1v) is 7.72. The van der Waals surface area contributed by atoms with Gasteiger partial charge >= 0.3 is 0 Å². The molecule has 1 aliphatic carbocycles. The second kappa shape index (κ2) is 7.06. The van der Waals surface area contributed by atoms with Crippen molar-refractivity contribution in [2.45, 2.75) is 44.1 Å². The van der Waals surface area contributed by atoms with Gasteiger partial charge in [0.15, 0.2) is 0 Å². The standard InChI is InChI=1S/C15H21BrN2O/c16-14-6-2-1-5-13(14)11-9-12(10-11)18-8-4-3-7-15(17)19/h1-2,5-6,11-12,18H,3-4,7-10H2,(H2,17,19). The van der Waals surface area contributed by atoms with E-state index in [1.54, 1.807) is 0 Å². The number of carbonyl (C=O) groups excluding carboxylic acids is 1. The Kier molecular flexibility index (Phi) is 5.40. The summed E-state index contributed by atoms with van der Waals surface area (Å²) in [4.78, 5) is 10.6. The number of hydrogen-bond acceptors (Lipinski definition) is 2. The van der Waals surface area contributed by atoms with Crippen molar-refractivity contribution in [1.82, 2.24) is 5.32 Å². The van der Waals surface area contributed by atoms with Gasteiger partial charge in [-0.25, -0.2) is 0 Å². The van der Waals surface area contributed by atoms with Crippen LogP contribution in [0.1, 0.15) is 43.6 Å². The highest BCUT2D eigenvalue weighted by molar-refractivity contribution is 9.10. The van der Waals surface area contributed by atoms with Crippen LogP contribution in [0.15, 0.2) is 28.7 Å². The largest absolute Gasteiger partial charge is 0.370 e. The van der Waals surface area contributed by atoms with E-state index in [1.165, 1.54) is 22.9 Å². The maximum Gasteiger partial charge on any atom is 0.217 e. The Morgan fingerprint density at radius 3 is 2.74 bits per heavy atom. The maximum absolute atomic E-state index is 10.6. The first kappa shape index (κ1) is 14.5. The molecule has 1 fully saturated rings. The predicted molar refractivity (Wildman–Crippen MR) is 81.0 cm³/mol. The third kappa shape index (κ3) is 4.32. The highest BCUT2D eigenvalue weighted by atomic mass is 79.9. The molecule has 0 radical (unpaired) electrons. The molecule has 0 unspecified atom stereocenters. The van der Waals surface area contributed by atoms with Crippen LogP contribution in [0.4, 0.5) is 0 Å². The monoisotopic (exact) mass is 324 g/mol. The highest BCUT2D eigenvalue weighted by Crippen LogP contribution is 2.39. The summed E-state index contributed by atoms with van der Waals surface area (Å²) in [5.74, 6) is 0.483. The molecule has 1 amide bonds. The van der Waals surface area contributed by atoms with E-state index in [-0.39, 0.29) is 5.91 Å². The Morgan fingerprint density at radius 2 is 2.05 bits per heavy atom. The van der Waals surface area contributed by atoms with Crippen LogP contribution in [0.2, 0.25) is 0 Å². The fraction of sp³-hybridized carbons (Fsp3) is 0.533. The first-order chi connectivity index (χ1) is 9.16. The molecule has 0 aliphatic heterocycles. The lowest BCUT2D eigenvalue weighted by atomic mass is 9.76. The van der Waals surface area contributed by atoms with Crippen LogP contribution in [0.3, 0.4) is 0 Å². The normalized spacial score (nSPS) is 21.9. The van der Waals surface area contributed by atoms with Gasteiger partial charge in [0.2, 0.25) is 5.91 Å². The van der Waals surface area contributed by atoms with Crippen LogP contribution < -0.4 is 11.1 Å². The molecular weight excluding hydrogens is 304 g/mol. The van der Waals surface area contributed by atoms with Crippen LogP contribution in [0, 0.1) is 0 Å². The van der Waals surface area contributed by atoms with Crippen molar-refractivity contribution in [2.24, 2.45) is 5.73 Å². The molecule has 104 valence electrons. The number of nitrogens with two attached hydrogens (primary N) is 1. The van der Waals surface area contributed by atoms with Gasteiger partial charge < -0.3 is 11.1 Å². The lowest BCUT2D eigenvalue weighted by Gasteiger charge is -2.37. The van der Waals surface area contributed by atoms with E-state index in [2.05, 4.69) is 45.5 Å². The minimum atomic E-state index is -0.197. The number of rotatable bonds is 7. The molecule has 0 aromatic heterocycles. The van der Waals surface area contributed by atoms with Crippen LogP contribution in [-0.4, -0.2) is 18.5 Å². The Hall–Kier alpha value is -0.870. The van der Waals surface area contributed by atoms with Crippen molar-refractivity contribution in [3.8, 4) is 0 Å². The number of benzene rings is 1. The van der Waals surface area contributed by atoms with Crippen molar-refractivity contribution in [2.75, 3.05) is 6.54 Å². The van der Waals surface area contributed by atoms with Crippen molar-refractivity contribution in [3.05, 3.63) is 34.3 Å². The van der Waals surface area contributed by atoms with Crippen molar-refractivity contribution < 1.29 is 4.79 Å². The predicted octanol–water partition coefficient (Wildman–Crippen LogP) is 2.94. The van der Waals surface area contributed by atoms with Crippen LogP contribution >= 0.6 is 15.9 Å². The molecule has 19 heavy (non-hydrogen) atoms. The summed E-state index contributed by atoms with van der Waals surface area (Å²) in [6.07, 6.45) is 4.84. The van der Waals surface area contributed by atoms with E-state index in [1.807, 2.05) is 0 Å². The summed E-state index contributed by atoms with van der Waals surface area (Å²) in [6.45, 7) is 0.987. The van der Waals surface area contributed by atoms with E-state index >= 15 is 0 Å². The minimum Gasteiger partial charge on any atom is -0.370 e. The van der Waals surface area contributed by atoms with Gasteiger partial charge in [-0.3, -0.25) is 4.79 Å². The zero-order chi connectivity index (χ0) is 13.7. The van der Waals surface area contributed by atoms with Crippen molar-refractivity contribution in [3.63, 3.8) is 0 Å². The molecule has 0 bridgehead atoms. The third-order valence-electron chi connectivity index (χ3n) is 3.77. The molecule has 0 spiro atoms. The van der Waals surface area contributed by atoms with E-state index < -0.39 is 0 Å². The Bertz CT molecular complexity index is 430. The number of halogens is 1. The maximum atomic E-state index is 10.6. The summed E-state index contributed by atoms with van der Waals surface area (Å²) in [6, 6.07) is 9.11. The molecule has 0 atom stereocenters. The number of primary amides is 1. The molecule has 0 heterocycles. The van der Waals surface area contributed by atoms with Crippen molar-refractivity contribution >= 4 is 21.8 Å². The van der Waals surface area contributed by atoms with Crippen LogP contribution in [0.5, 0.6) is 0 Å². The summed E-state index contributed by atoms with van der Waals surface area (Å²) in [5, 5.41) is 3.54. The molecule has 1 saturated carbocycles. The molecule has 4 heteroatoms. The topological polar surface area (TPSA) is 55.1 Å². The van der Waals surface area contributed by atoms with Gasteiger partial charge in [0.25, 0.3) is 0 Å². The highest BCUT2D eigenvalue weighted by Gasteiger charge is 2.30. The van der Waals surface area contributed by atoms with Gasteiger partial charge in [-0.2, -0.15) is 0 Å². The first-order valence-electron chi connectivity index (χ1n) is 6.93. The quantitative estimate of drug-likeness (QED) is 0.757. The van der Waals surface area contributed by atoms with E-state index in [0.29, 0.717) is 18.4 Å². The van der Waals surface area contributed by atoms with E-state index in [4.69, 9.17) is 5.73 Å². The lowest BCUT2D eigenvalue weighted by Crippen LogP contribution is -2.40. The lowest BCUT2D eigenvalue weighted by molar-refractivity contribution is -0.118. The Morgan fingerprint density at radius 1 is 1.32 bits per heavy atom. The zero-order valence-corrected chi connectivity index (χ0v) is 12.7. The van der Waals surface area contributed by atoms with Gasteiger partial charge in [0, 0.05) is 16.9 Å². The molecule has 2 rings (SSSR count). The fourth-order valence-electron chi connectivity index (χ4n) is 2.58. The van der Waals surface area contributed by atoms with E-state index in [9.17, 15) is 4.79 Å². The summed E-state index contributed by atoms with van der Waals surface area (Å²) in [7, 11) is 0. The van der Waals surface area contributed by atoms with Gasteiger partial charge in [0.1, 0.15) is 0 Å². The van der Waals surface area contributed by atoms with Crippen LogP contribution in [-0.2, 0) is 4.79 Å². The third-order valence-corrected chi connectivity index (χ3v) is 4.49. The Labute approximate surface area is 123 Å². The van der Waals surface area contributed by atoms with Crippen molar-refractivity contribution in [1.29, 1.82) is 0 Å². The second-order valence-corrected chi connectivity index (χ2v) is 6.12. The van der Waals surface area contributed by atoms with Gasteiger partial charge in [0.05, 0.1) is 0 Å². The van der Waals surface area contributed by atoms with Crippen LogP contribution in [0.25, 0.3) is 0 Å². The zero-order valence-electron chi connectivity index (χ0n) is 11.1. The number of carbonyl (C=O) groups is 1. The molecule has 1 aromatic carbocycles. The SMILES string of the molecule is NC(=O)CCCCNC1CC(c2ccccc2Br)C1. The van der Waals surface area contributed by atoms with Gasteiger partial charge in [-0.15, -0.1) is 0 Å². The Balaban J connectivity index is 1.62. The molecule has 3 N–H and O–H groups in total. The number of amides is 1. The minimum absolute atomic E-state index is 0.197. The summed E-state index contributed by atoms with van der Waals surface area (Å²) < 4.78 is 1.22. The smallest absolute Gasteiger partial charge is 0.217 e. The molecule has 1 aliphatic rings.